The summed E-state index contributed by atoms with van der Waals surface area (Å²) in [7, 11) is -4.23. The van der Waals surface area contributed by atoms with Crippen molar-refractivity contribution in [1.82, 2.24) is 10.2 Å². The minimum atomic E-state index is -4.23. The van der Waals surface area contributed by atoms with Crippen LogP contribution in [0.3, 0.4) is 0 Å². The van der Waals surface area contributed by atoms with Crippen LogP contribution in [-0.2, 0) is 32.6 Å². The summed E-state index contributed by atoms with van der Waals surface area (Å²) in [5.74, 6) is -0.969. The Kier molecular flexibility index (Phi) is 11.3. The molecular weight excluding hydrogens is 641 g/mol. The average Bonchev–Trinajstić information content (AvgIpc) is 3.01. The predicted molar refractivity (Wildman–Crippen MR) is 177 cm³/mol. The lowest BCUT2D eigenvalue weighted by molar-refractivity contribution is -0.140. The van der Waals surface area contributed by atoms with Crippen molar-refractivity contribution in [2.75, 3.05) is 17.4 Å². The van der Waals surface area contributed by atoms with Crippen LogP contribution in [0, 0.1) is 6.92 Å². The number of likely N-dealkylation sites (N-methyl/N-ethyl adjacent to an activating group) is 1. The van der Waals surface area contributed by atoms with Gasteiger partial charge in [-0.3, -0.25) is 13.9 Å². The van der Waals surface area contributed by atoms with Crippen LogP contribution in [0.5, 0.6) is 0 Å². The van der Waals surface area contributed by atoms with E-state index in [9.17, 15) is 18.0 Å². The largest absolute Gasteiger partial charge is 0.355 e. The van der Waals surface area contributed by atoms with Crippen LogP contribution >= 0.6 is 34.8 Å². The molecule has 7 nitrogen and oxygen atoms in total. The molecule has 0 aromatic heterocycles. The van der Waals surface area contributed by atoms with Gasteiger partial charge in [0.25, 0.3) is 10.0 Å². The third-order valence-corrected chi connectivity index (χ3v) is 9.76. The Morgan fingerprint density at radius 1 is 0.818 bits per heavy atom. The molecule has 0 aliphatic rings. The van der Waals surface area contributed by atoms with E-state index in [4.69, 9.17) is 34.8 Å². The molecule has 230 valence electrons. The molecule has 4 aromatic carbocycles. The average molecular weight is 673 g/mol. The molecule has 0 aliphatic carbocycles. The van der Waals surface area contributed by atoms with E-state index in [1.54, 1.807) is 62.4 Å². The van der Waals surface area contributed by atoms with Crippen molar-refractivity contribution in [2.45, 2.75) is 37.8 Å². The summed E-state index contributed by atoms with van der Waals surface area (Å²) in [6, 6.07) is 26.0. The minimum absolute atomic E-state index is 0.00719. The van der Waals surface area contributed by atoms with Gasteiger partial charge in [0.15, 0.2) is 0 Å². The number of rotatable bonds is 12. The van der Waals surface area contributed by atoms with E-state index in [0.717, 1.165) is 9.87 Å². The van der Waals surface area contributed by atoms with Crippen molar-refractivity contribution >= 4 is 62.3 Å². The van der Waals surface area contributed by atoms with Crippen molar-refractivity contribution < 1.29 is 18.0 Å². The van der Waals surface area contributed by atoms with Gasteiger partial charge >= 0.3 is 0 Å². The molecule has 2 amide bonds. The molecule has 0 fully saturated rings. The van der Waals surface area contributed by atoms with Crippen molar-refractivity contribution in [3.8, 4) is 0 Å². The molecule has 0 aliphatic heterocycles. The van der Waals surface area contributed by atoms with E-state index in [-0.39, 0.29) is 34.5 Å². The summed E-state index contributed by atoms with van der Waals surface area (Å²) in [4.78, 5) is 29.4. The minimum Gasteiger partial charge on any atom is -0.355 e. The zero-order chi connectivity index (χ0) is 31.9. The fourth-order valence-electron chi connectivity index (χ4n) is 4.76. The number of aryl methyl sites for hydroxylation is 1. The van der Waals surface area contributed by atoms with Gasteiger partial charge in [-0.2, -0.15) is 0 Å². The van der Waals surface area contributed by atoms with Gasteiger partial charge in [0, 0.05) is 24.5 Å². The molecule has 0 heterocycles. The smallest absolute Gasteiger partial charge is 0.264 e. The molecule has 4 aromatic rings. The van der Waals surface area contributed by atoms with Crippen molar-refractivity contribution in [2.24, 2.45) is 0 Å². The van der Waals surface area contributed by atoms with Gasteiger partial charge in [-0.1, -0.05) is 95.5 Å². The first kappa shape index (κ1) is 33.3. The van der Waals surface area contributed by atoms with Gasteiger partial charge in [-0.05, 0) is 66.9 Å². The molecule has 0 spiro atoms. The Labute approximate surface area is 273 Å². The molecule has 0 unspecified atom stereocenters. The van der Waals surface area contributed by atoms with Crippen molar-refractivity contribution in [3.63, 3.8) is 0 Å². The topological polar surface area (TPSA) is 86.8 Å². The highest BCUT2D eigenvalue weighted by Gasteiger charge is 2.35. The number of carbonyl (C=O) groups excluding carboxylic acids is 2. The number of benzene rings is 4. The number of sulfonamides is 1. The lowest BCUT2D eigenvalue weighted by atomic mass is 10.0. The van der Waals surface area contributed by atoms with E-state index in [2.05, 4.69) is 5.32 Å². The zero-order valence-corrected chi connectivity index (χ0v) is 27.3. The number of anilines is 1. The summed E-state index contributed by atoms with van der Waals surface area (Å²) >= 11 is 18.8. The third kappa shape index (κ3) is 8.12. The molecule has 1 atom stereocenters. The summed E-state index contributed by atoms with van der Waals surface area (Å²) in [6.07, 6.45) is 0.196. The summed E-state index contributed by atoms with van der Waals surface area (Å²) in [5.41, 5.74) is 2.30. The Bertz CT molecular complexity index is 1720. The standard InChI is InChI=1S/C33H32Cl3N3O4S/c1-3-37-33(41)31(19-24-10-6-4-7-11-24)38(21-25-15-17-28(35)29(36)18-25)32(40)22-39(30-20-26(34)16-14-23(30)2)44(42,43)27-12-8-5-9-13-27/h4-18,20,31H,3,19,21-22H2,1-2H3,(H,37,41)/t31-/m1/s1. The lowest BCUT2D eigenvalue weighted by Crippen LogP contribution is -2.53. The van der Waals surface area contributed by atoms with Crippen LogP contribution in [0.2, 0.25) is 15.1 Å². The maximum Gasteiger partial charge on any atom is 0.264 e. The van der Waals surface area contributed by atoms with Crippen LogP contribution in [0.1, 0.15) is 23.6 Å². The molecular formula is C33H32Cl3N3O4S. The number of nitrogens with one attached hydrogen (secondary N) is 1. The second kappa shape index (κ2) is 14.9. The first-order valence-electron chi connectivity index (χ1n) is 13.9. The van der Waals surface area contributed by atoms with Gasteiger partial charge < -0.3 is 10.2 Å². The van der Waals surface area contributed by atoms with Gasteiger partial charge in [0.2, 0.25) is 11.8 Å². The van der Waals surface area contributed by atoms with Crippen molar-refractivity contribution in [1.29, 1.82) is 0 Å². The van der Waals surface area contributed by atoms with E-state index in [0.29, 0.717) is 27.7 Å². The summed E-state index contributed by atoms with van der Waals surface area (Å²) in [6.45, 7) is 3.25. The highest BCUT2D eigenvalue weighted by atomic mass is 35.5. The SMILES string of the molecule is CCNC(=O)[C@@H](Cc1ccccc1)N(Cc1ccc(Cl)c(Cl)c1)C(=O)CN(c1cc(Cl)ccc1C)S(=O)(=O)c1ccccc1. The zero-order valence-electron chi connectivity index (χ0n) is 24.2. The van der Waals surface area contributed by atoms with Crippen LogP contribution in [0.4, 0.5) is 5.69 Å². The van der Waals surface area contributed by atoms with Gasteiger partial charge in [-0.15, -0.1) is 0 Å². The van der Waals surface area contributed by atoms with Crippen LogP contribution in [0.25, 0.3) is 0 Å². The fraction of sp³-hybridized carbons (Fsp3) is 0.212. The lowest BCUT2D eigenvalue weighted by Gasteiger charge is -2.34. The van der Waals surface area contributed by atoms with E-state index < -0.39 is 28.5 Å². The van der Waals surface area contributed by atoms with Crippen LogP contribution in [-0.4, -0.2) is 44.3 Å². The number of amides is 2. The van der Waals surface area contributed by atoms with Crippen LogP contribution in [0.15, 0.2) is 102 Å². The Morgan fingerprint density at radius 3 is 2.11 bits per heavy atom. The number of halogens is 3. The highest BCUT2D eigenvalue weighted by Crippen LogP contribution is 2.30. The Hall–Kier alpha value is -3.56. The number of hydrogen-bond acceptors (Lipinski definition) is 4. The molecule has 0 radical (unpaired) electrons. The number of carbonyl (C=O) groups is 2. The summed E-state index contributed by atoms with van der Waals surface area (Å²) < 4.78 is 29.2. The van der Waals surface area contributed by atoms with Gasteiger partial charge in [-0.25, -0.2) is 8.42 Å². The highest BCUT2D eigenvalue weighted by molar-refractivity contribution is 7.92. The number of hydrogen-bond donors (Lipinski definition) is 1. The third-order valence-electron chi connectivity index (χ3n) is 7.01. The van der Waals surface area contributed by atoms with Crippen LogP contribution < -0.4 is 9.62 Å². The molecule has 44 heavy (non-hydrogen) atoms. The normalized spacial score (nSPS) is 11.9. The monoisotopic (exact) mass is 671 g/mol. The van der Waals surface area contributed by atoms with E-state index >= 15 is 0 Å². The molecule has 1 N–H and O–H groups in total. The first-order chi connectivity index (χ1) is 21.0. The fourth-order valence-corrected chi connectivity index (χ4v) is 6.74. The molecule has 4 rings (SSSR count). The Balaban J connectivity index is 1.83. The maximum absolute atomic E-state index is 14.4. The number of nitrogens with zero attached hydrogens (tertiary/aromatic N) is 2. The Morgan fingerprint density at radius 2 is 1.48 bits per heavy atom. The molecule has 0 saturated heterocycles. The quantitative estimate of drug-likeness (QED) is 0.177. The van der Waals surface area contributed by atoms with E-state index in [1.165, 1.54) is 23.1 Å². The van der Waals surface area contributed by atoms with Gasteiger partial charge in [0.05, 0.1) is 20.6 Å². The molecule has 11 heteroatoms. The maximum atomic E-state index is 14.4. The van der Waals surface area contributed by atoms with Gasteiger partial charge in [0.1, 0.15) is 12.6 Å². The summed E-state index contributed by atoms with van der Waals surface area (Å²) in [5, 5.41) is 3.78. The predicted octanol–water partition coefficient (Wildman–Crippen LogP) is 6.93. The van der Waals surface area contributed by atoms with E-state index in [1.807, 2.05) is 30.3 Å². The second-order valence-corrected chi connectivity index (χ2v) is 13.2. The van der Waals surface area contributed by atoms with Crippen molar-refractivity contribution in [3.05, 3.63) is 129 Å². The molecule has 0 bridgehead atoms. The molecule has 0 saturated carbocycles. The second-order valence-electron chi connectivity index (χ2n) is 10.1. The first-order valence-corrected chi connectivity index (χ1v) is 16.5.